The number of nitrogens with zero attached hydrogens (tertiary/aromatic N) is 3. The minimum atomic E-state index is -0.326. The Morgan fingerprint density at radius 3 is 2.70 bits per heavy atom. The first-order chi connectivity index (χ1) is 11.1. The largest absolute Gasteiger partial charge is 0.462 e. The first kappa shape index (κ1) is 15.2. The quantitative estimate of drug-likeness (QED) is 0.692. The predicted octanol–water partition coefficient (Wildman–Crippen LogP) is 3.51. The van der Waals surface area contributed by atoms with Gasteiger partial charge in [0.1, 0.15) is 0 Å². The molecule has 118 valence electrons. The number of hydrogen-bond acceptors (Lipinski definition) is 4. The molecule has 5 heteroatoms. The van der Waals surface area contributed by atoms with Gasteiger partial charge in [0, 0.05) is 12.6 Å². The van der Waals surface area contributed by atoms with Gasteiger partial charge in [0.05, 0.1) is 28.9 Å². The molecule has 3 rings (SSSR count). The number of hydrogen-bond donors (Lipinski definition) is 0. The van der Waals surface area contributed by atoms with Gasteiger partial charge in [-0.15, -0.1) is 0 Å². The van der Waals surface area contributed by atoms with E-state index in [9.17, 15) is 4.79 Å². The topological polar surface area (TPSA) is 57.0 Å². The molecule has 0 aliphatic heterocycles. The Morgan fingerprint density at radius 1 is 1.26 bits per heavy atom. The number of carbonyl (C=O) groups is 1. The molecule has 23 heavy (non-hydrogen) atoms. The molecular weight excluding hydrogens is 290 g/mol. The number of carbonyl (C=O) groups excluding carboxylic acids is 1. The maximum Gasteiger partial charge on any atom is 0.339 e. The molecule has 0 saturated carbocycles. The van der Waals surface area contributed by atoms with Crippen molar-refractivity contribution in [1.29, 1.82) is 0 Å². The van der Waals surface area contributed by atoms with Crippen LogP contribution in [0, 0.1) is 6.92 Å². The van der Waals surface area contributed by atoms with Crippen molar-refractivity contribution >= 4 is 17.0 Å². The van der Waals surface area contributed by atoms with Gasteiger partial charge in [0.2, 0.25) is 0 Å². The highest BCUT2D eigenvalue weighted by molar-refractivity contribution is 6.04. The minimum Gasteiger partial charge on any atom is -0.462 e. The van der Waals surface area contributed by atoms with Crippen molar-refractivity contribution in [1.82, 2.24) is 14.8 Å². The van der Waals surface area contributed by atoms with Gasteiger partial charge in [-0.1, -0.05) is 37.3 Å². The van der Waals surface area contributed by atoms with Crippen molar-refractivity contribution in [2.24, 2.45) is 7.05 Å². The summed E-state index contributed by atoms with van der Waals surface area (Å²) in [6.45, 7) is 4.26. The lowest BCUT2D eigenvalue weighted by atomic mass is 10.1. The molecule has 2 aromatic heterocycles. The van der Waals surface area contributed by atoms with Crippen LogP contribution >= 0.6 is 0 Å². The second-order valence-electron chi connectivity index (χ2n) is 5.46. The monoisotopic (exact) mass is 309 g/mol. The average Bonchev–Trinajstić information content (AvgIpc) is 2.87. The number of rotatable bonds is 4. The molecule has 0 spiro atoms. The van der Waals surface area contributed by atoms with E-state index >= 15 is 0 Å². The molecule has 0 atom stereocenters. The van der Waals surface area contributed by atoms with Crippen LogP contribution in [0.4, 0.5) is 0 Å². The fourth-order valence-corrected chi connectivity index (χ4v) is 2.64. The molecule has 0 radical (unpaired) electrons. The summed E-state index contributed by atoms with van der Waals surface area (Å²) >= 11 is 0. The predicted molar refractivity (Wildman–Crippen MR) is 89.3 cm³/mol. The fraction of sp³-hybridized carbons (Fsp3) is 0.278. The van der Waals surface area contributed by atoms with Crippen molar-refractivity contribution in [3.05, 3.63) is 47.7 Å². The molecule has 0 aliphatic carbocycles. The molecule has 0 bridgehead atoms. The normalized spacial score (nSPS) is 10.9. The average molecular weight is 309 g/mol. The molecule has 0 fully saturated rings. The number of esters is 1. The Kier molecular flexibility index (Phi) is 4.10. The maximum absolute atomic E-state index is 12.5. The van der Waals surface area contributed by atoms with E-state index in [1.807, 2.05) is 51.2 Å². The molecule has 1 aromatic carbocycles. The Labute approximate surface area is 134 Å². The molecule has 0 N–H and O–H groups in total. The van der Waals surface area contributed by atoms with Crippen molar-refractivity contribution in [2.75, 3.05) is 6.61 Å². The maximum atomic E-state index is 12.5. The lowest BCUT2D eigenvalue weighted by molar-refractivity contribution is 0.0507. The van der Waals surface area contributed by atoms with Gasteiger partial charge in [0.25, 0.3) is 0 Å². The van der Waals surface area contributed by atoms with Crippen LogP contribution in [0.2, 0.25) is 0 Å². The zero-order valence-corrected chi connectivity index (χ0v) is 13.5. The highest BCUT2D eigenvalue weighted by Gasteiger charge is 2.20. The van der Waals surface area contributed by atoms with Crippen LogP contribution in [-0.2, 0) is 11.8 Å². The summed E-state index contributed by atoms with van der Waals surface area (Å²) in [6.07, 6.45) is 0.789. The second-order valence-corrected chi connectivity index (χ2v) is 5.46. The van der Waals surface area contributed by atoms with E-state index in [4.69, 9.17) is 4.74 Å². The van der Waals surface area contributed by atoms with Gasteiger partial charge in [-0.3, -0.25) is 4.68 Å². The molecule has 0 amide bonds. The third-order valence-electron chi connectivity index (χ3n) is 3.70. The van der Waals surface area contributed by atoms with E-state index in [0.29, 0.717) is 17.8 Å². The number of fused-ring (bicyclic) bond motifs is 1. The Balaban J connectivity index is 2.21. The summed E-state index contributed by atoms with van der Waals surface area (Å²) in [7, 11) is 1.83. The highest BCUT2D eigenvalue weighted by Crippen LogP contribution is 2.27. The molecule has 0 aliphatic rings. The van der Waals surface area contributed by atoms with E-state index in [-0.39, 0.29) is 5.97 Å². The minimum absolute atomic E-state index is 0.326. The van der Waals surface area contributed by atoms with Gasteiger partial charge in [-0.05, 0) is 19.4 Å². The zero-order valence-electron chi connectivity index (χ0n) is 13.5. The number of aromatic nitrogens is 3. The van der Waals surface area contributed by atoms with Crippen LogP contribution in [0.3, 0.4) is 0 Å². The number of pyridine rings is 1. The molecule has 5 nitrogen and oxygen atoms in total. The first-order valence-electron chi connectivity index (χ1n) is 7.68. The highest BCUT2D eigenvalue weighted by atomic mass is 16.5. The summed E-state index contributed by atoms with van der Waals surface area (Å²) in [5, 5.41) is 5.15. The fourth-order valence-electron chi connectivity index (χ4n) is 2.64. The second kappa shape index (κ2) is 6.20. The zero-order chi connectivity index (χ0) is 16.4. The van der Waals surface area contributed by atoms with E-state index in [1.165, 1.54) is 0 Å². The van der Waals surface area contributed by atoms with Crippen molar-refractivity contribution in [3.8, 4) is 11.3 Å². The lowest BCUT2D eigenvalue weighted by Gasteiger charge is -2.08. The van der Waals surface area contributed by atoms with E-state index in [1.54, 1.807) is 10.7 Å². The van der Waals surface area contributed by atoms with Crippen LogP contribution in [0.5, 0.6) is 0 Å². The van der Waals surface area contributed by atoms with Gasteiger partial charge in [0.15, 0.2) is 5.65 Å². The van der Waals surface area contributed by atoms with Crippen LogP contribution < -0.4 is 0 Å². The molecule has 0 saturated heterocycles. The van der Waals surface area contributed by atoms with Gasteiger partial charge >= 0.3 is 5.97 Å². The summed E-state index contributed by atoms with van der Waals surface area (Å²) in [6, 6.07) is 11.6. The molecule has 0 unspecified atom stereocenters. The van der Waals surface area contributed by atoms with E-state index < -0.39 is 0 Å². The van der Waals surface area contributed by atoms with Gasteiger partial charge in [-0.25, -0.2) is 9.78 Å². The first-order valence-corrected chi connectivity index (χ1v) is 7.68. The van der Waals surface area contributed by atoms with Crippen molar-refractivity contribution < 1.29 is 9.53 Å². The molecule has 2 heterocycles. The van der Waals surface area contributed by atoms with Crippen molar-refractivity contribution in [2.45, 2.75) is 20.3 Å². The van der Waals surface area contributed by atoms with E-state index in [2.05, 4.69) is 10.1 Å². The smallest absolute Gasteiger partial charge is 0.339 e. The molecular formula is C18H19N3O2. The summed E-state index contributed by atoms with van der Waals surface area (Å²) < 4.78 is 7.04. The van der Waals surface area contributed by atoms with E-state index in [0.717, 1.165) is 28.8 Å². The standard InChI is InChI=1S/C18H19N3O2/c1-4-10-23-18(22)14-11-15(13-8-6-5-7-9-13)19-17-16(14)12(2)20-21(17)3/h5-9,11H,4,10H2,1-3H3. The number of aryl methyl sites for hydroxylation is 2. The van der Waals surface area contributed by atoms with Crippen LogP contribution in [0.25, 0.3) is 22.3 Å². The third-order valence-corrected chi connectivity index (χ3v) is 3.70. The summed E-state index contributed by atoms with van der Waals surface area (Å²) in [4.78, 5) is 17.2. The Morgan fingerprint density at radius 2 is 2.00 bits per heavy atom. The van der Waals surface area contributed by atoms with Gasteiger partial charge in [-0.2, -0.15) is 5.10 Å². The number of benzene rings is 1. The number of ether oxygens (including phenoxy) is 1. The summed E-state index contributed by atoms with van der Waals surface area (Å²) in [5.74, 6) is -0.326. The molecule has 3 aromatic rings. The van der Waals surface area contributed by atoms with Crippen LogP contribution in [0.15, 0.2) is 36.4 Å². The van der Waals surface area contributed by atoms with Crippen molar-refractivity contribution in [3.63, 3.8) is 0 Å². The van der Waals surface area contributed by atoms with Crippen LogP contribution in [-0.4, -0.2) is 27.3 Å². The Bertz CT molecular complexity index is 854. The lowest BCUT2D eigenvalue weighted by Crippen LogP contribution is -2.08. The Hall–Kier alpha value is -2.69. The summed E-state index contributed by atoms with van der Waals surface area (Å²) in [5.41, 5.74) is 3.68. The third kappa shape index (κ3) is 2.82. The van der Waals surface area contributed by atoms with Crippen LogP contribution in [0.1, 0.15) is 29.4 Å². The van der Waals surface area contributed by atoms with Gasteiger partial charge < -0.3 is 4.74 Å². The SMILES string of the molecule is CCCOC(=O)c1cc(-c2ccccc2)nc2c1c(C)nn2C.